The Morgan fingerprint density at radius 2 is 2.00 bits per heavy atom. The second kappa shape index (κ2) is 13.5. The molecule has 0 radical (unpaired) electrons. The van der Waals surface area contributed by atoms with Crippen molar-refractivity contribution in [2.75, 3.05) is 33.7 Å². The van der Waals surface area contributed by atoms with Gasteiger partial charge >= 0.3 is 0 Å². The van der Waals surface area contributed by atoms with E-state index in [-0.39, 0.29) is 5.91 Å². The summed E-state index contributed by atoms with van der Waals surface area (Å²) in [5, 5.41) is 6.09. The van der Waals surface area contributed by atoms with E-state index in [1.165, 1.54) is 12.8 Å². The first kappa shape index (κ1) is 19.5. The lowest BCUT2D eigenvalue weighted by Gasteiger charge is -2.22. The third-order valence-corrected chi connectivity index (χ3v) is 3.18. The Morgan fingerprint density at radius 3 is 2.62 bits per heavy atom. The van der Waals surface area contributed by atoms with Crippen molar-refractivity contribution < 1.29 is 4.79 Å². The summed E-state index contributed by atoms with van der Waals surface area (Å²) in [6.45, 7) is 8.11. The number of hydrogen-bond acceptors (Lipinski definition) is 2. The van der Waals surface area contributed by atoms with Crippen LogP contribution < -0.4 is 10.6 Å². The number of hydrogen-bond donors (Lipinski definition) is 2. The Labute approximate surface area is 129 Å². The van der Waals surface area contributed by atoms with E-state index in [1.807, 2.05) is 20.0 Å². The third-order valence-electron chi connectivity index (χ3n) is 3.18. The predicted octanol–water partition coefficient (Wildman–Crippen LogP) is 2.16. The summed E-state index contributed by atoms with van der Waals surface area (Å²) in [6.07, 6.45) is 8.04. The van der Waals surface area contributed by atoms with Gasteiger partial charge in [0.1, 0.15) is 0 Å². The van der Waals surface area contributed by atoms with Crippen LogP contribution in [0, 0.1) is 0 Å². The highest BCUT2D eigenvalue weighted by molar-refractivity contribution is 5.81. The molecule has 122 valence electrons. The average molecular weight is 296 g/mol. The van der Waals surface area contributed by atoms with Crippen molar-refractivity contribution in [3.63, 3.8) is 0 Å². The number of nitrogens with one attached hydrogen (secondary N) is 2. The molecular formula is C16H32N4O. The van der Waals surface area contributed by atoms with Crippen molar-refractivity contribution in [2.24, 2.45) is 4.99 Å². The summed E-state index contributed by atoms with van der Waals surface area (Å²) < 4.78 is 0. The molecule has 5 nitrogen and oxygen atoms in total. The first-order chi connectivity index (χ1) is 10.2. The number of unbranched alkanes of at least 4 members (excludes halogenated alkanes) is 3. The Balaban J connectivity index is 3.82. The smallest absolute Gasteiger partial charge is 0.221 e. The molecule has 0 aromatic carbocycles. The van der Waals surface area contributed by atoms with Crippen LogP contribution in [0.5, 0.6) is 0 Å². The number of nitrogens with zero attached hydrogens (tertiary/aromatic N) is 2. The van der Waals surface area contributed by atoms with Gasteiger partial charge in [-0.2, -0.15) is 0 Å². The van der Waals surface area contributed by atoms with Gasteiger partial charge in [0.2, 0.25) is 5.91 Å². The zero-order valence-electron chi connectivity index (χ0n) is 14.0. The highest BCUT2D eigenvalue weighted by atomic mass is 16.1. The quantitative estimate of drug-likeness (QED) is 0.266. The number of aliphatic imine (C=N–C) groups is 1. The number of guanidine groups is 1. The zero-order valence-corrected chi connectivity index (χ0v) is 14.0. The molecule has 0 aromatic heterocycles. The Kier molecular flexibility index (Phi) is 12.5. The molecule has 0 aliphatic heterocycles. The molecule has 21 heavy (non-hydrogen) atoms. The van der Waals surface area contributed by atoms with Gasteiger partial charge in [-0.3, -0.25) is 9.79 Å². The van der Waals surface area contributed by atoms with Gasteiger partial charge in [0.05, 0.1) is 0 Å². The summed E-state index contributed by atoms with van der Waals surface area (Å²) in [6, 6.07) is 0. The van der Waals surface area contributed by atoms with Crippen LogP contribution in [0.4, 0.5) is 0 Å². The van der Waals surface area contributed by atoms with Crippen LogP contribution in [0.1, 0.15) is 45.4 Å². The third kappa shape index (κ3) is 10.9. The number of allylic oxidation sites excluding steroid dienone is 1. The fourth-order valence-corrected chi connectivity index (χ4v) is 1.95. The van der Waals surface area contributed by atoms with Crippen LogP contribution in [0.15, 0.2) is 17.6 Å². The SMILES string of the molecule is C=CCCCCCN(C)C(=NC)NCCC(=O)NCCC. The van der Waals surface area contributed by atoms with Gasteiger partial charge in [0, 0.05) is 40.2 Å². The van der Waals surface area contributed by atoms with Gasteiger partial charge in [-0.1, -0.05) is 19.4 Å². The van der Waals surface area contributed by atoms with Gasteiger partial charge in [-0.15, -0.1) is 6.58 Å². The van der Waals surface area contributed by atoms with E-state index in [4.69, 9.17) is 0 Å². The first-order valence-corrected chi connectivity index (χ1v) is 7.95. The summed E-state index contributed by atoms with van der Waals surface area (Å²) >= 11 is 0. The number of rotatable bonds is 11. The van der Waals surface area contributed by atoms with E-state index in [1.54, 1.807) is 7.05 Å². The Hall–Kier alpha value is -1.52. The molecule has 0 unspecified atom stereocenters. The lowest BCUT2D eigenvalue weighted by molar-refractivity contribution is -0.120. The molecule has 0 saturated heterocycles. The van der Waals surface area contributed by atoms with Crippen molar-refractivity contribution >= 4 is 11.9 Å². The maximum Gasteiger partial charge on any atom is 0.221 e. The Morgan fingerprint density at radius 1 is 1.24 bits per heavy atom. The van der Waals surface area contributed by atoms with E-state index < -0.39 is 0 Å². The summed E-state index contributed by atoms with van der Waals surface area (Å²) in [7, 11) is 3.80. The minimum atomic E-state index is 0.0897. The lowest BCUT2D eigenvalue weighted by atomic mass is 10.2. The molecule has 1 amide bonds. The summed E-state index contributed by atoms with van der Waals surface area (Å²) in [5.74, 6) is 0.939. The van der Waals surface area contributed by atoms with Crippen molar-refractivity contribution in [3.05, 3.63) is 12.7 Å². The van der Waals surface area contributed by atoms with E-state index in [0.717, 1.165) is 38.3 Å². The molecule has 2 N–H and O–H groups in total. The summed E-state index contributed by atoms with van der Waals surface area (Å²) in [4.78, 5) is 17.9. The Bertz CT molecular complexity index is 315. The molecule has 0 aliphatic rings. The monoisotopic (exact) mass is 296 g/mol. The van der Waals surface area contributed by atoms with E-state index in [9.17, 15) is 4.79 Å². The molecule has 0 rings (SSSR count). The van der Waals surface area contributed by atoms with E-state index in [0.29, 0.717) is 13.0 Å². The maximum atomic E-state index is 11.5. The number of carbonyl (C=O) groups is 1. The lowest BCUT2D eigenvalue weighted by Crippen LogP contribution is -2.41. The van der Waals surface area contributed by atoms with Crippen molar-refractivity contribution in [2.45, 2.75) is 45.4 Å². The molecule has 0 bridgehead atoms. The number of carbonyl (C=O) groups excluding carboxylic acids is 1. The molecule has 0 spiro atoms. The van der Waals surface area contributed by atoms with Crippen LogP contribution in [-0.4, -0.2) is 50.5 Å². The molecule has 0 saturated carbocycles. The van der Waals surface area contributed by atoms with Crippen LogP contribution in [0.3, 0.4) is 0 Å². The predicted molar refractivity (Wildman–Crippen MR) is 90.6 cm³/mol. The van der Waals surface area contributed by atoms with Crippen LogP contribution in [0.25, 0.3) is 0 Å². The van der Waals surface area contributed by atoms with Crippen LogP contribution in [-0.2, 0) is 4.79 Å². The van der Waals surface area contributed by atoms with Gasteiger partial charge in [0.25, 0.3) is 0 Å². The van der Waals surface area contributed by atoms with Crippen molar-refractivity contribution in [1.29, 1.82) is 0 Å². The van der Waals surface area contributed by atoms with Crippen molar-refractivity contribution in [3.8, 4) is 0 Å². The normalized spacial score (nSPS) is 11.1. The van der Waals surface area contributed by atoms with Gasteiger partial charge < -0.3 is 15.5 Å². The fourth-order valence-electron chi connectivity index (χ4n) is 1.95. The minimum absolute atomic E-state index is 0.0897. The minimum Gasteiger partial charge on any atom is -0.356 e. The molecule has 0 aliphatic carbocycles. The van der Waals surface area contributed by atoms with Gasteiger partial charge in [-0.05, 0) is 25.7 Å². The van der Waals surface area contributed by atoms with Crippen LogP contribution in [0.2, 0.25) is 0 Å². The highest BCUT2D eigenvalue weighted by Gasteiger charge is 2.06. The average Bonchev–Trinajstić information content (AvgIpc) is 2.49. The standard InChI is InChI=1S/C16H32N4O/c1-5-7-8-9-10-14-20(4)16(17-3)19-13-11-15(21)18-12-6-2/h5H,1,6-14H2,2-4H3,(H,17,19)(H,18,21). The second-order valence-corrected chi connectivity index (χ2v) is 5.13. The topological polar surface area (TPSA) is 56.7 Å². The molecule has 0 heterocycles. The van der Waals surface area contributed by atoms with Crippen molar-refractivity contribution in [1.82, 2.24) is 15.5 Å². The molecule has 0 fully saturated rings. The molecule has 0 aromatic rings. The van der Waals surface area contributed by atoms with Gasteiger partial charge in [0.15, 0.2) is 5.96 Å². The first-order valence-electron chi connectivity index (χ1n) is 7.95. The zero-order chi connectivity index (χ0) is 15.9. The van der Waals surface area contributed by atoms with E-state index >= 15 is 0 Å². The summed E-state index contributed by atoms with van der Waals surface area (Å²) in [5.41, 5.74) is 0. The largest absolute Gasteiger partial charge is 0.356 e. The number of amides is 1. The molecular weight excluding hydrogens is 264 g/mol. The fraction of sp³-hybridized carbons (Fsp3) is 0.750. The highest BCUT2D eigenvalue weighted by Crippen LogP contribution is 2.01. The molecule has 0 atom stereocenters. The maximum absolute atomic E-state index is 11.5. The van der Waals surface area contributed by atoms with E-state index in [2.05, 4.69) is 27.1 Å². The second-order valence-electron chi connectivity index (χ2n) is 5.13. The molecule has 5 heteroatoms. The van der Waals surface area contributed by atoms with Crippen LogP contribution >= 0.6 is 0 Å². The van der Waals surface area contributed by atoms with Gasteiger partial charge in [-0.25, -0.2) is 0 Å².